The number of anilines is 1. The lowest BCUT2D eigenvalue weighted by Crippen LogP contribution is -2.40. The lowest BCUT2D eigenvalue weighted by Gasteiger charge is -2.27. The Bertz CT molecular complexity index is 961. The number of amides is 1. The van der Waals surface area contributed by atoms with Crippen molar-refractivity contribution < 1.29 is 9.18 Å². The molecule has 0 atom stereocenters. The molecule has 6 nitrogen and oxygen atoms in total. The van der Waals surface area contributed by atoms with Crippen molar-refractivity contribution in [2.75, 3.05) is 5.32 Å². The average molecular weight is 353 g/mol. The Balaban J connectivity index is 1.62. The number of carbonyl (C=O) groups excluding carboxylic acids is 1. The number of alkyl halides is 1. The Morgan fingerprint density at radius 3 is 2.69 bits per heavy atom. The summed E-state index contributed by atoms with van der Waals surface area (Å²) in [5.74, 6) is 0.550. The second-order valence-corrected chi connectivity index (χ2v) is 6.80. The number of benzene rings is 1. The van der Waals surface area contributed by atoms with Crippen LogP contribution >= 0.6 is 0 Å². The minimum Gasteiger partial charge on any atom is -0.308 e. The van der Waals surface area contributed by atoms with E-state index in [9.17, 15) is 9.18 Å². The van der Waals surface area contributed by atoms with E-state index in [1.54, 1.807) is 16.9 Å². The minimum absolute atomic E-state index is 0.280. The molecule has 1 N–H and O–H groups in total. The van der Waals surface area contributed by atoms with Crippen LogP contribution in [0.25, 0.3) is 16.5 Å². The maximum absolute atomic E-state index is 14.8. The summed E-state index contributed by atoms with van der Waals surface area (Å²) in [5.41, 5.74) is -0.917. The maximum Gasteiger partial charge on any atom is 0.263 e. The molecule has 1 saturated carbocycles. The summed E-state index contributed by atoms with van der Waals surface area (Å²) in [5, 5.41) is 8.67. The first-order valence-corrected chi connectivity index (χ1v) is 8.82. The second-order valence-electron chi connectivity index (χ2n) is 6.80. The van der Waals surface area contributed by atoms with Gasteiger partial charge in [0.15, 0.2) is 5.67 Å². The van der Waals surface area contributed by atoms with Crippen LogP contribution in [-0.2, 0) is 4.79 Å². The highest BCUT2D eigenvalue weighted by Crippen LogP contribution is 2.33. The van der Waals surface area contributed by atoms with Crippen LogP contribution in [0.1, 0.15) is 37.9 Å². The van der Waals surface area contributed by atoms with Gasteiger partial charge in [0.2, 0.25) is 0 Å². The Kier molecular flexibility index (Phi) is 4.14. The number of hydrogen-bond donors (Lipinski definition) is 1. The first-order chi connectivity index (χ1) is 12.5. The van der Waals surface area contributed by atoms with Gasteiger partial charge in [-0.1, -0.05) is 12.5 Å². The van der Waals surface area contributed by atoms with Crippen LogP contribution in [0, 0.1) is 6.92 Å². The highest BCUT2D eigenvalue weighted by molar-refractivity contribution is 5.98. The highest BCUT2D eigenvalue weighted by Gasteiger charge is 2.39. The van der Waals surface area contributed by atoms with Gasteiger partial charge in [-0.15, -0.1) is 0 Å². The highest BCUT2D eigenvalue weighted by atomic mass is 19.1. The predicted octanol–water partition coefficient (Wildman–Crippen LogP) is 3.73. The summed E-state index contributed by atoms with van der Waals surface area (Å²) in [6, 6.07) is 7.57. The lowest BCUT2D eigenvalue weighted by atomic mass is 9.86. The summed E-state index contributed by atoms with van der Waals surface area (Å²) >= 11 is 0. The number of pyridine rings is 1. The van der Waals surface area contributed by atoms with Crippen LogP contribution in [0.15, 0.2) is 36.8 Å². The summed E-state index contributed by atoms with van der Waals surface area (Å²) < 4.78 is 16.5. The lowest BCUT2D eigenvalue weighted by molar-refractivity contribution is -0.129. The molecule has 26 heavy (non-hydrogen) atoms. The van der Waals surface area contributed by atoms with E-state index in [-0.39, 0.29) is 12.8 Å². The topological polar surface area (TPSA) is 72.7 Å². The van der Waals surface area contributed by atoms with Crippen LogP contribution in [0.4, 0.5) is 10.2 Å². The summed E-state index contributed by atoms with van der Waals surface area (Å²) in [7, 11) is 0. The minimum atomic E-state index is -1.78. The van der Waals surface area contributed by atoms with E-state index in [1.807, 2.05) is 25.1 Å². The number of halogens is 1. The molecule has 4 rings (SSSR count). The van der Waals surface area contributed by atoms with E-state index in [1.165, 1.54) is 6.33 Å². The van der Waals surface area contributed by atoms with Crippen molar-refractivity contribution in [1.29, 1.82) is 0 Å². The van der Waals surface area contributed by atoms with Gasteiger partial charge in [-0.2, -0.15) is 5.10 Å². The van der Waals surface area contributed by atoms with Gasteiger partial charge in [-0.25, -0.2) is 19.0 Å². The molecule has 1 fully saturated rings. The molecular formula is C19H20FN5O. The van der Waals surface area contributed by atoms with Gasteiger partial charge in [0.1, 0.15) is 18.0 Å². The van der Waals surface area contributed by atoms with Crippen molar-refractivity contribution in [3.8, 4) is 5.69 Å². The van der Waals surface area contributed by atoms with Gasteiger partial charge in [0, 0.05) is 11.6 Å². The molecular weight excluding hydrogens is 333 g/mol. The summed E-state index contributed by atoms with van der Waals surface area (Å²) in [6.45, 7) is 1.88. The van der Waals surface area contributed by atoms with Crippen LogP contribution in [-0.4, -0.2) is 31.3 Å². The molecule has 0 bridgehead atoms. The van der Waals surface area contributed by atoms with E-state index in [0.717, 1.165) is 41.5 Å². The first-order valence-electron chi connectivity index (χ1n) is 8.82. The van der Waals surface area contributed by atoms with Crippen LogP contribution in [0.5, 0.6) is 0 Å². The fourth-order valence-corrected chi connectivity index (χ4v) is 3.45. The molecule has 0 radical (unpaired) electrons. The van der Waals surface area contributed by atoms with Crippen LogP contribution < -0.4 is 5.32 Å². The largest absolute Gasteiger partial charge is 0.308 e. The van der Waals surface area contributed by atoms with Crippen molar-refractivity contribution in [2.45, 2.75) is 44.7 Å². The molecule has 1 aliphatic carbocycles. The van der Waals surface area contributed by atoms with Crippen molar-refractivity contribution in [3.63, 3.8) is 0 Å². The third kappa shape index (κ3) is 3.05. The van der Waals surface area contributed by atoms with Crippen LogP contribution in [0.2, 0.25) is 0 Å². The maximum atomic E-state index is 14.8. The normalized spacial score (nSPS) is 16.5. The Hall–Kier alpha value is -2.83. The zero-order valence-electron chi connectivity index (χ0n) is 14.6. The third-order valence-corrected chi connectivity index (χ3v) is 4.96. The number of fused-ring (bicyclic) bond motifs is 1. The third-order valence-electron chi connectivity index (χ3n) is 4.96. The predicted molar refractivity (Wildman–Crippen MR) is 97.0 cm³/mol. The van der Waals surface area contributed by atoms with Gasteiger partial charge in [0.05, 0.1) is 5.69 Å². The monoisotopic (exact) mass is 353 g/mol. The average Bonchev–Trinajstić information content (AvgIpc) is 3.07. The van der Waals surface area contributed by atoms with E-state index in [0.29, 0.717) is 5.82 Å². The second kappa shape index (κ2) is 6.48. The number of aromatic nitrogens is 4. The summed E-state index contributed by atoms with van der Waals surface area (Å²) in [4.78, 5) is 20.8. The SMILES string of the molecule is Cc1ncnn1-c1ccc2cnc(NC(=O)C3(F)CCCCC3)cc2c1. The summed E-state index contributed by atoms with van der Waals surface area (Å²) in [6.07, 6.45) is 6.21. The fraction of sp³-hybridized carbons (Fsp3) is 0.368. The molecule has 0 unspecified atom stereocenters. The number of carbonyl (C=O) groups is 1. The Labute approximate surface area is 150 Å². The molecule has 0 saturated heterocycles. The quantitative estimate of drug-likeness (QED) is 0.779. The molecule has 0 aliphatic heterocycles. The van der Waals surface area contributed by atoms with E-state index < -0.39 is 11.6 Å². The number of aryl methyl sites for hydroxylation is 1. The molecule has 0 spiro atoms. The van der Waals surface area contributed by atoms with Gasteiger partial charge in [0.25, 0.3) is 5.91 Å². The van der Waals surface area contributed by atoms with Crippen molar-refractivity contribution >= 4 is 22.5 Å². The van der Waals surface area contributed by atoms with Crippen molar-refractivity contribution in [3.05, 3.63) is 42.6 Å². The van der Waals surface area contributed by atoms with Crippen molar-refractivity contribution in [1.82, 2.24) is 19.7 Å². The molecule has 1 amide bonds. The van der Waals surface area contributed by atoms with E-state index >= 15 is 0 Å². The molecule has 134 valence electrons. The van der Waals surface area contributed by atoms with Crippen molar-refractivity contribution in [2.24, 2.45) is 0 Å². The number of nitrogens with zero attached hydrogens (tertiary/aromatic N) is 4. The Morgan fingerprint density at radius 2 is 1.96 bits per heavy atom. The molecule has 2 aromatic heterocycles. The van der Waals surface area contributed by atoms with E-state index in [4.69, 9.17) is 0 Å². The zero-order chi connectivity index (χ0) is 18.1. The molecule has 1 aliphatic rings. The Morgan fingerprint density at radius 1 is 1.15 bits per heavy atom. The van der Waals surface area contributed by atoms with Gasteiger partial charge < -0.3 is 5.32 Å². The number of hydrogen-bond acceptors (Lipinski definition) is 4. The standard InChI is InChI=1S/C19H20FN5O/c1-13-22-12-23-25(13)16-6-5-14-11-21-17(10-15(14)9-16)24-18(26)19(20)7-3-2-4-8-19/h5-6,9-12H,2-4,7-8H2,1H3,(H,21,24,26). The molecule has 2 heterocycles. The van der Waals surface area contributed by atoms with Gasteiger partial charge in [-0.3, -0.25) is 4.79 Å². The van der Waals surface area contributed by atoms with Gasteiger partial charge in [-0.05, 0) is 56.2 Å². The smallest absolute Gasteiger partial charge is 0.263 e. The molecule has 1 aromatic carbocycles. The number of nitrogens with one attached hydrogen (secondary N) is 1. The first kappa shape index (κ1) is 16.6. The molecule has 3 aromatic rings. The van der Waals surface area contributed by atoms with E-state index in [2.05, 4.69) is 20.4 Å². The fourth-order valence-electron chi connectivity index (χ4n) is 3.45. The van der Waals surface area contributed by atoms with Gasteiger partial charge >= 0.3 is 0 Å². The number of rotatable bonds is 3. The molecule has 7 heteroatoms. The van der Waals surface area contributed by atoms with Crippen LogP contribution in [0.3, 0.4) is 0 Å². The zero-order valence-corrected chi connectivity index (χ0v) is 14.6.